The van der Waals surface area contributed by atoms with E-state index in [4.69, 9.17) is 21.1 Å². The molecule has 6 aromatic rings. The van der Waals surface area contributed by atoms with E-state index in [2.05, 4.69) is 22.3 Å². The van der Waals surface area contributed by atoms with Gasteiger partial charge in [0.2, 0.25) is 10.8 Å². The van der Waals surface area contributed by atoms with Gasteiger partial charge in [0.1, 0.15) is 10.6 Å². The van der Waals surface area contributed by atoms with Gasteiger partial charge in [-0.3, -0.25) is 0 Å². The third-order valence-electron chi connectivity index (χ3n) is 5.14. The predicted molar refractivity (Wildman–Crippen MR) is 117 cm³/mol. The highest BCUT2D eigenvalue weighted by Crippen LogP contribution is 2.37. The zero-order valence-corrected chi connectivity index (χ0v) is 16.8. The first kappa shape index (κ1) is 16.7. The van der Waals surface area contributed by atoms with Gasteiger partial charge in [0.05, 0.1) is 0 Å². The monoisotopic (exact) mass is 416 g/mol. The number of para-hydroxylation sites is 1. The molecule has 0 spiro atoms. The SMILES string of the molecule is Cc1c(-c2nnc3sc(-c4cccc5c(Cl)cccc45)nn23)oc2ccccc12. The summed E-state index contributed by atoms with van der Waals surface area (Å²) in [5.74, 6) is 1.30. The van der Waals surface area contributed by atoms with Gasteiger partial charge >= 0.3 is 0 Å². The van der Waals surface area contributed by atoms with Gasteiger partial charge in [-0.15, -0.1) is 10.2 Å². The summed E-state index contributed by atoms with van der Waals surface area (Å²) in [6, 6.07) is 19.9. The number of hydrogen-bond acceptors (Lipinski definition) is 5. The third kappa shape index (κ3) is 2.43. The van der Waals surface area contributed by atoms with E-state index in [0.29, 0.717) is 16.5 Å². The third-order valence-corrected chi connectivity index (χ3v) is 6.40. The van der Waals surface area contributed by atoms with Crippen LogP contribution < -0.4 is 0 Å². The summed E-state index contributed by atoms with van der Waals surface area (Å²) in [5, 5.41) is 18.2. The summed E-state index contributed by atoms with van der Waals surface area (Å²) in [6.45, 7) is 2.03. The Kier molecular flexibility index (Phi) is 3.54. The number of aromatic nitrogens is 4. The van der Waals surface area contributed by atoms with Crippen molar-refractivity contribution in [2.24, 2.45) is 0 Å². The molecule has 3 heterocycles. The lowest BCUT2D eigenvalue weighted by atomic mass is 10.1. The fraction of sp³-hybridized carbons (Fsp3) is 0.0455. The molecule has 0 saturated heterocycles. The van der Waals surface area contributed by atoms with E-state index in [9.17, 15) is 0 Å². The molecule has 29 heavy (non-hydrogen) atoms. The highest BCUT2D eigenvalue weighted by Gasteiger charge is 2.21. The van der Waals surface area contributed by atoms with Gasteiger partial charge in [-0.25, -0.2) is 0 Å². The Morgan fingerprint density at radius 1 is 0.897 bits per heavy atom. The van der Waals surface area contributed by atoms with E-state index < -0.39 is 0 Å². The minimum Gasteiger partial charge on any atom is -0.452 e. The van der Waals surface area contributed by atoms with Crippen molar-refractivity contribution < 1.29 is 4.42 Å². The van der Waals surface area contributed by atoms with Crippen LogP contribution in [0.1, 0.15) is 5.56 Å². The van der Waals surface area contributed by atoms with Crippen molar-refractivity contribution in [1.29, 1.82) is 0 Å². The van der Waals surface area contributed by atoms with E-state index in [1.54, 1.807) is 4.52 Å². The smallest absolute Gasteiger partial charge is 0.235 e. The van der Waals surface area contributed by atoms with Crippen LogP contribution in [0.5, 0.6) is 0 Å². The van der Waals surface area contributed by atoms with Gasteiger partial charge in [-0.05, 0) is 24.4 Å². The van der Waals surface area contributed by atoms with E-state index in [1.807, 2.05) is 55.5 Å². The predicted octanol–water partition coefficient (Wildman–Crippen LogP) is 6.38. The molecule has 3 aromatic carbocycles. The van der Waals surface area contributed by atoms with Gasteiger partial charge in [0.15, 0.2) is 5.76 Å². The minimum absolute atomic E-state index is 0.606. The topological polar surface area (TPSA) is 56.2 Å². The molecule has 0 aliphatic carbocycles. The van der Waals surface area contributed by atoms with E-state index >= 15 is 0 Å². The van der Waals surface area contributed by atoms with Crippen molar-refractivity contribution in [3.63, 3.8) is 0 Å². The second-order valence-corrected chi connectivity index (χ2v) is 8.18. The number of fused-ring (bicyclic) bond motifs is 3. The summed E-state index contributed by atoms with van der Waals surface area (Å²) in [4.78, 5) is 0.717. The number of nitrogens with zero attached hydrogens (tertiary/aromatic N) is 4. The van der Waals surface area contributed by atoms with E-state index in [-0.39, 0.29) is 0 Å². The fourth-order valence-electron chi connectivity index (χ4n) is 3.71. The van der Waals surface area contributed by atoms with Gasteiger partial charge in [-0.1, -0.05) is 71.5 Å². The van der Waals surface area contributed by atoms with Crippen LogP contribution in [0.4, 0.5) is 0 Å². The quantitative estimate of drug-likeness (QED) is 0.328. The van der Waals surface area contributed by atoms with Crippen molar-refractivity contribution in [2.45, 2.75) is 6.92 Å². The molecule has 0 saturated carbocycles. The summed E-state index contributed by atoms with van der Waals surface area (Å²) >= 11 is 7.87. The van der Waals surface area contributed by atoms with Gasteiger partial charge in [-0.2, -0.15) is 9.61 Å². The van der Waals surface area contributed by atoms with Crippen LogP contribution in [0, 0.1) is 6.92 Å². The van der Waals surface area contributed by atoms with Crippen molar-refractivity contribution in [3.8, 4) is 22.2 Å². The molecule has 140 valence electrons. The van der Waals surface area contributed by atoms with Gasteiger partial charge in [0.25, 0.3) is 0 Å². The Balaban J connectivity index is 1.57. The molecule has 0 aliphatic rings. The average Bonchev–Trinajstić information content (AvgIpc) is 3.41. The first-order chi connectivity index (χ1) is 14.2. The molecule has 0 unspecified atom stereocenters. The van der Waals surface area contributed by atoms with Gasteiger partial charge < -0.3 is 4.42 Å². The fourth-order valence-corrected chi connectivity index (χ4v) is 4.83. The largest absolute Gasteiger partial charge is 0.452 e. The summed E-state index contributed by atoms with van der Waals surface area (Å²) in [5.41, 5.74) is 2.88. The molecule has 3 aromatic heterocycles. The second-order valence-electron chi connectivity index (χ2n) is 6.82. The zero-order valence-electron chi connectivity index (χ0n) is 15.3. The molecular formula is C22H13ClN4OS. The molecule has 6 rings (SSSR count). The number of rotatable bonds is 2. The Labute approximate surface area is 174 Å². The maximum Gasteiger partial charge on any atom is 0.235 e. The molecule has 0 aliphatic heterocycles. The molecule has 0 N–H and O–H groups in total. The lowest BCUT2D eigenvalue weighted by Gasteiger charge is -2.04. The molecule has 0 bridgehead atoms. The normalized spacial score (nSPS) is 11.8. The number of hydrogen-bond donors (Lipinski definition) is 0. The van der Waals surface area contributed by atoms with Crippen LogP contribution in [0.3, 0.4) is 0 Å². The second kappa shape index (κ2) is 6.14. The van der Waals surface area contributed by atoms with Crippen LogP contribution in [-0.4, -0.2) is 19.8 Å². The average molecular weight is 417 g/mol. The maximum atomic E-state index is 6.38. The first-order valence-electron chi connectivity index (χ1n) is 9.09. The Hall–Kier alpha value is -3.22. The molecule has 0 amide bonds. The van der Waals surface area contributed by atoms with E-state index in [1.165, 1.54) is 11.3 Å². The number of halogens is 1. The molecule has 7 heteroatoms. The molecule has 0 atom stereocenters. The maximum absolute atomic E-state index is 6.38. The van der Waals surface area contributed by atoms with Crippen molar-refractivity contribution in [1.82, 2.24) is 19.8 Å². The van der Waals surface area contributed by atoms with Crippen LogP contribution >= 0.6 is 22.9 Å². The van der Waals surface area contributed by atoms with Gasteiger partial charge in [0, 0.05) is 26.9 Å². The van der Waals surface area contributed by atoms with E-state index in [0.717, 1.165) is 42.9 Å². The highest BCUT2D eigenvalue weighted by molar-refractivity contribution is 7.20. The Morgan fingerprint density at radius 2 is 1.69 bits per heavy atom. The van der Waals surface area contributed by atoms with Crippen LogP contribution in [-0.2, 0) is 0 Å². The Morgan fingerprint density at radius 3 is 2.59 bits per heavy atom. The molecule has 0 fully saturated rings. The number of benzene rings is 3. The van der Waals surface area contributed by atoms with Crippen molar-refractivity contribution >= 4 is 49.6 Å². The zero-order chi connectivity index (χ0) is 19.5. The lowest BCUT2D eigenvalue weighted by molar-refractivity contribution is 0.619. The molecule has 5 nitrogen and oxygen atoms in total. The van der Waals surface area contributed by atoms with Crippen LogP contribution in [0.2, 0.25) is 5.02 Å². The standard InChI is InChI=1S/C22H13ClN4OS/c1-12-13-6-2-3-11-18(13)28-19(12)20-24-25-22-27(20)26-21(29-22)16-9-4-8-15-14(16)7-5-10-17(15)23/h2-11H,1H3. The molecule has 0 radical (unpaired) electrons. The Bertz CT molecular complexity index is 1550. The highest BCUT2D eigenvalue weighted by atomic mass is 35.5. The molecular weight excluding hydrogens is 404 g/mol. The summed E-state index contributed by atoms with van der Waals surface area (Å²) in [6.07, 6.45) is 0. The summed E-state index contributed by atoms with van der Waals surface area (Å²) < 4.78 is 7.83. The summed E-state index contributed by atoms with van der Waals surface area (Å²) in [7, 11) is 0. The number of aryl methyl sites for hydroxylation is 1. The van der Waals surface area contributed by atoms with Crippen molar-refractivity contribution in [2.75, 3.05) is 0 Å². The minimum atomic E-state index is 0.606. The lowest BCUT2D eigenvalue weighted by Crippen LogP contribution is -1.91. The number of furan rings is 1. The van der Waals surface area contributed by atoms with Crippen molar-refractivity contribution in [3.05, 3.63) is 71.2 Å². The van der Waals surface area contributed by atoms with Crippen LogP contribution in [0.25, 0.3) is 48.9 Å². The van der Waals surface area contributed by atoms with Crippen LogP contribution in [0.15, 0.2) is 65.1 Å². The first-order valence-corrected chi connectivity index (χ1v) is 10.3.